The number of rotatable bonds is 6. The monoisotopic (exact) mass is 294 g/mol. The van der Waals surface area contributed by atoms with E-state index in [4.69, 9.17) is 4.74 Å². The summed E-state index contributed by atoms with van der Waals surface area (Å²) in [6, 6.07) is 6.79. The van der Waals surface area contributed by atoms with Crippen LogP contribution in [0, 0.1) is 5.82 Å². The molecule has 1 saturated heterocycles. The molecule has 0 saturated carbocycles. The van der Waals surface area contributed by atoms with Crippen LogP contribution in [0.4, 0.5) is 4.39 Å². The molecule has 4 nitrogen and oxygen atoms in total. The number of carbonyl (C=O) groups excluding carboxylic acids is 1. The average molecular weight is 294 g/mol. The Morgan fingerprint density at radius 1 is 1.48 bits per heavy atom. The minimum Gasteiger partial charge on any atom is -0.383 e. The Balaban J connectivity index is 1.92. The number of hydrogen-bond acceptors (Lipinski definition) is 3. The molecule has 0 bridgehead atoms. The zero-order valence-electron chi connectivity index (χ0n) is 12.6. The summed E-state index contributed by atoms with van der Waals surface area (Å²) in [5.41, 5.74) is 1.08. The lowest BCUT2D eigenvalue weighted by Crippen LogP contribution is -2.42. The molecule has 0 spiro atoms. The van der Waals surface area contributed by atoms with Gasteiger partial charge in [0.1, 0.15) is 5.82 Å². The van der Waals surface area contributed by atoms with Gasteiger partial charge in [0.2, 0.25) is 5.91 Å². The second-order valence-corrected chi connectivity index (χ2v) is 5.60. The third-order valence-electron chi connectivity index (χ3n) is 3.79. The fourth-order valence-electron chi connectivity index (χ4n) is 2.87. The van der Waals surface area contributed by atoms with Crippen LogP contribution >= 0.6 is 0 Å². The highest BCUT2D eigenvalue weighted by atomic mass is 19.1. The highest BCUT2D eigenvalue weighted by Crippen LogP contribution is 2.31. The van der Waals surface area contributed by atoms with Crippen molar-refractivity contribution >= 4 is 5.91 Å². The van der Waals surface area contributed by atoms with Crippen molar-refractivity contribution in [3.05, 3.63) is 35.6 Å². The predicted molar refractivity (Wildman–Crippen MR) is 79.4 cm³/mol. The molecule has 1 N–H and O–H groups in total. The summed E-state index contributed by atoms with van der Waals surface area (Å²) in [7, 11) is 1.62. The first-order valence-electron chi connectivity index (χ1n) is 7.38. The molecule has 0 radical (unpaired) electrons. The van der Waals surface area contributed by atoms with Gasteiger partial charge in [-0.3, -0.25) is 9.69 Å². The Kier molecular flexibility index (Phi) is 5.70. The van der Waals surface area contributed by atoms with Gasteiger partial charge in [0.05, 0.1) is 13.2 Å². The quantitative estimate of drug-likeness (QED) is 0.874. The number of ether oxygens (including phenoxy) is 1. The van der Waals surface area contributed by atoms with Crippen molar-refractivity contribution in [2.45, 2.75) is 31.8 Å². The van der Waals surface area contributed by atoms with Gasteiger partial charge < -0.3 is 10.1 Å². The van der Waals surface area contributed by atoms with Gasteiger partial charge >= 0.3 is 0 Å². The molecule has 0 unspecified atom stereocenters. The molecule has 21 heavy (non-hydrogen) atoms. The number of halogens is 1. The minimum atomic E-state index is -0.227. The van der Waals surface area contributed by atoms with Crippen molar-refractivity contribution in [3.63, 3.8) is 0 Å². The van der Waals surface area contributed by atoms with E-state index in [1.807, 2.05) is 19.1 Å². The highest BCUT2D eigenvalue weighted by Gasteiger charge is 2.27. The number of hydrogen-bond donors (Lipinski definition) is 1. The minimum absolute atomic E-state index is 0.00793. The topological polar surface area (TPSA) is 41.6 Å². The summed E-state index contributed by atoms with van der Waals surface area (Å²) in [5, 5.41) is 2.92. The van der Waals surface area contributed by atoms with Crippen LogP contribution in [0.3, 0.4) is 0 Å². The maximum Gasteiger partial charge on any atom is 0.234 e. The lowest BCUT2D eigenvalue weighted by Gasteiger charge is -2.25. The van der Waals surface area contributed by atoms with Crippen molar-refractivity contribution in [2.24, 2.45) is 0 Å². The molecule has 0 aliphatic carbocycles. The summed E-state index contributed by atoms with van der Waals surface area (Å²) in [6.45, 7) is 3.69. The Morgan fingerprint density at radius 3 is 2.86 bits per heavy atom. The first-order chi connectivity index (χ1) is 10.1. The second kappa shape index (κ2) is 7.52. The molecular formula is C16H23FN2O2. The predicted octanol–water partition coefficient (Wildman–Crippen LogP) is 2.11. The van der Waals surface area contributed by atoms with Crippen LogP contribution in [-0.2, 0) is 9.53 Å². The second-order valence-electron chi connectivity index (χ2n) is 5.60. The number of methoxy groups -OCH3 is 1. The zero-order valence-corrected chi connectivity index (χ0v) is 12.6. The van der Waals surface area contributed by atoms with E-state index in [1.165, 1.54) is 12.1 Å². The third-order valence-corrected chi connectivity index (χ3v) is 3.79. The normalized spacial score (nSPS) is 20.4. The van der Waals surface area contributed by atoms with Crippen LogP contribution in [0.2, 0.25) is 0 Å². The van der Waals surface area contributed by atoms with Crippen LogP contribution in [0.5, 0.6) is 0 Å². The number of amides is 1. The van der Waals surface area contributed by atoms with Crippen LogP contribution in [0.1, 0.15) is 31.4 Å². The maximum atomic E-state index is 13.0. The first-order valence-corrected chi connectivity index (χ1v) is 7.38. The van der Waals surface area contributed by atoms with E-state index in [2.05, 4.69) is 10.2 Å². The van der Waals surface area contributed by atoms with Crippen LogP contribution < -0.4 is 5.32 Å². The Bertz CT molecular complexity index is 464. The van der Waals surface area contributed by atoms with Gasteiger partial charge in [-0.15, -0.1) is 0 Å². The van der Waals surface area contributed by atoms with Crippen LogP contribution in [0.25, 0.3) is 0 Å². The number of carbonyl (C=O) groups is 1. The molecule has 5 heteroatoms. The summed E-state index contributed by atoms with van der Waals surface area (Å²) < 4.78 is 18.0. The van der Waals surface area contributed by atoms with E-state index in [-0.39, 0.29) is 23.8 Å². The summed E-state index contributed by atoms with van der Waals surface area (Å²) in [6.07, 6.45) is 2.06. The molecule has 1 heterocycles. The molecule has 0 aromatic heterocycles. The van der Waals surface area contributed by atoms with Gasteiger partial charge in [0.25, 0.3) is 0 Å². The lowest BCUT2D eigenvalue weighted by atomic mass is 10.0. The number of nitrogens with zero attached hydrogens (tertiary/aromatic N) is 1. The molecule has 2 rings (SSSR count). The van der Waals surface area contributed by atoms with Crippen LogP contribution in [0.15, 0.2) is 24.3 Å². The van der Waals surface area contributed by atoms with E-state index >= 15 is 0 Å². The molecule has 1 amide bonds. The van der Waals surface area contributed by atoms with Gasteiger partial charge in [-0.25, -0.2) is 4.39 Å². The summed E-state index contributed by atoms with van der Waals surface area (Å²) in [5.74, 6) is -0.219. The average Bonchev–Trinajstić information content (AvgIpc) is 2.87. The van der Waals surface area contributed by atoms with Crippen molar-refractivity contribution in [1.82, 2.24) is 10.2 Å². The summed E-state index contributed by atoms with van der Waals surface area (Å²) >= 11 is 0. The van der Waals surface area contributed by atoms with Gasteiger partial charge in [0, 0.05) is 19.2 Å². The Labute approximate surface area is 125 Å². The molecular weight excluding hydrogens is 271 g/mol. The fraction of sp³-hybridized carbons (Fsp3) is 0.562. The van der Waals surface area contributed by atoms with E-state index < -0.39 is 0 Å². The molecule has 1 aromatic rings. The lowest BCUT2D eigenvalue weighted by molar-refractivity contribution is -0.123. The molecule has 1 fully saturated rings. The molecule has 1 aliphatic rings. The molecule has 1 aliphatic heterocycles. The zero-order chi connectivity index (χ0) is 15.2. The van der Waals surface area contributed by atoms with E-state index in [1.54, 1.807) is 7.11 Å². The third kappa shape index (κ3) is 4.51. The van der Waals surface area contributed by atoms with Crippen molar-refractivity contribution < 1.29 is 13.9 Å². The largest absolute Gasteiger partial charge is 0.383 e. The van der Waals surface area contributed by atoms with E-state index in [9.17, 15) is 9.18 Å². The smallest absolute Gasteiger partial charge is 0.234 e. The van der Waals surface area contributed by atoms with E-state index in [0.717, 1.165) is 24.9 Å². The maximum absolute atomic E-state index is 13.0. The van der Waals surface area contributed by atoms with Crippen molar-refractivity contribution in [2.75, 3.05) is 26.8 Å². The van der Waals surface area contributed by atoms with Gasteiger partial charge in [-0.05, 0) is 44.0 Å². The standard InChI is InChI=1S/C16H23FN2O2/c1-12(11-21-2)18-16(20)10-19-9-3-4-15(19)13-5-7-14(17)8-6-13/h5-8,12,15H,3-4,9-11H2,1-2H3,(H,18,20)/t12-,15-/m0/s1. The Morgan fingerprint density at radius 2 is 2.19 bits per heavy atom. The number of nitrogens with one attached hydrogen (secondary N) is 1. The van der Waals surface area contributed by atoms with Gasteiger partial charge in [-0.2, -0.15) is 0 Å². The first kappa shape index (κ1) is 15.9. The summed E-state index contributed by atoms with van der Waals surface area (Å²) in [4.78, 5) is 14.2. The number of likely N-dealkylation sites (tertiary alicyclic amines) is 1. The van der Waals surface area contributed by atoms with Crippen LogP contribution in [-0.4, -0.2) is 43.7 Å². The van der Waals surface area contributed by atoms with Crippen molar-refractivity contribution in [3.8, 4) is 0 Å². The van der Waals surface area contributed by atoms with Gasteiger partial charge in [0.15, 0.2) is 0 Å². The van der Waals surface area contributed by atoms with Crippen molar-refractivity contribution in [1.29, 1.82) is 0 Å². The van der Waals surface area contributed by atoms with E-state index in [0.29, 0.717) is 13.2 Å². The number of benzene rings is 1. The highest BCUT2D eigenvalue weighted by molar-refractivity contribution is 5.78. The fourth-order valence-corrected chi connectivity index (χ4v) is 2.87. The SMILES string of the molecule is COC[C@H](C)NC(=O)CN1CCC[C@H]1c1ccc(F)cc1. The van der Waals surface area contributed by atoms with Gasteiger partial charge in [-0.1, -0.05) is 12.1 Å². The Hall–Kier alpha value is -1.46. The molecule has 2 atom stereocenters. The molecule has 116 valence electrons. The molecule has 1 aromatic carbocycles.